The van der Waals surface area contributed by atoms with E-state index in [9.17, 15) is 13.2 Å². The molecule has 0 spiro atoms. The Labute approximate surface area is 115 Å². The quantitative estimate of drug-likeness (QED) is 0.923. The number of hydrogen-bond donors (Lipinski definition) is 1. The summed E-state index contributed by atoms with van der Waals surface area (Å²) in [7, 11) is 0. The van der Waals surface area contributed by atoms with Gasteiger partial charge in [0.05, 0.1) is 0 Å². The highest BCUT2D eigenvalue weighted by Gasteiger charge is 2.26. The molecule has 20 heavy (non-hydrogen) atoms. The second-order valence-electron chi connectivity index (χ2n) is 4.92. The third-order valence-corrected chi connectivity index (χ3v) is 3.68. The third-order valence-electron chi connectivity index (χ3n) is 3.68. The number of nitrogens with zero attached hydrogens (tertiary/aromatic N) is 1. The predicted octanol–water partition coefficient (Wildman–Crippen LogP) is 2.62. The number of nitrogens with one attached hydrogen (secondary N) is 1. The van der Waals surface area contributed by atoms with E-state index >= 15 is 0 Å². The van der Waals surface area contributed by atoms with Crippen molar-refractivity contribution in [2.75, 3.05) is 24.5 Å². The zero-order chi connectivity index (χ0) is 14.1. The molecule has 1 saturated heterocycles. The Hall–Kier alpha value is -1.69. The maximum absolute atomic E-state index is 13.7. The smallest absolute Gasteiger partial charge is 0.387 e. The lowest BCUT2D eigenvalue weighted by Gasteiger charge is -2.33. The molecular weight excluding hydrogens is 269 g/mol. The first-order valence-corrected chi connectivity index (χ1v) is 6.57. The molecule has 0 aromatic heterocycles. The second-order valence-corrected chi connectivity index (χ2v) is 4.92. The van der Waals surface area contributed by atoms with Crippen LogP contribution in [0.3, 0.4) is 0 Å². The fourth-order valence-electron chi connectivity index (χ4n) is 2.77. The molecule has 6 heteroatoms. The summed E-state index contributed by atoms with van der Waals surface area (Å²) in [5.41, 5.74) is 1.44. The van der Waals surface area contributed by atoms with E-state index in [4.69, 9.17) is 0 Å². The van der Waals surface area contributed by atoms with Crippen molar-refractivity contribution in [2.24, 2.45) is 0 Å². The van der Waals surface area contributed by atoms with Gasteiger partial charge in [-0.15, -0.1) is 0 Å². The minimum atomic E-state index is -3.02. The standard InChI is InChI=1S/C14H15F3N2O/c15-11-6-9-2-1-5-19(10-3-4-18-8-10)12(9)7-13(11)20-14(16)17/h1-2,6-7,10,14,18H,3-5,8H2/t10-/m0/s1. The molecule has 0 unspecified atom stereocenters. The van der Waals surface area contributed by atoms with E-state index in [1.807, 2.05) is 12.2 Å². The first kappa shape index (κ1) is 13.3. The fraction of sp³-hybridized carbons (Fsp3) is 0.429. The first-order chi connectivity index (χ1) is 9.65. The topological polar surface area (TPSA) is 24.5 Å². The van der Waals surface area contributed by atoms with Gasteiger partial charge < -0.3 is 15.0 Å². The van der Waals surface area contributed by atoms with Crippen LogP contribution in [0.2, 0.25) is 0 Å². The average molecular weight is 284 g/mol. The van der Waals surface area contributed by atoms with Crippen LogP contribution >= 0.6 is 0 Å². The van der Waals surface area contributed by atoms with E-state index in [1.165, 1.54) is 12.1 Å². The minimum absolute atomic E-state index is 0.295. The molecule has 108 valence electrons. The molecule has 1 fully saturated rings. The number of benzene rings is 1. The van der Waals surface area contributed by atoms with Crippen molar-refractivity contribution in [3.8, 4) is 5.75 Å². The number of halogens is 3. The van der Waals surface area contributed by atoms with Gasteiger partial charge in [-0.1, -0.05) is 12.2 Å². The lowest BCUT2D eigenvalue weighted by molar-refractivity contribution is -0.0521. The van der Waals surface area contributed by atoms with Crippen molar-refractivity contribution in [2.45, 2.75) is 19.1 Å². The van der Waals surface area contributed by atoms with Crippen LogP contribution in [0, 0.1) is 5.82 Å². The van der Waals surface area contributed by atoms with Crippen LogP contribution in [0.5, 0.6) is 5.75 Å². The summed E-state index contributed by atoms with van der Waals surface area (Å²) < 4.78 is 42.6. The van der Waals surface area contributed by atoms with Crippen LogP contribution in [-0.4, -0.2) is 32.3 Å². The molecule has 0 radical (unpaired) electrons. The summed E-state index contributed by atoms with van der Waals surface area (Å²) in [4.78, 5) is 2.10. The average Bonchev–Trinajstić information content (AvgIpc) is 2.92. The SMILES string of the molecule is Fc1cc2c(cc1OC(F)F)N([C@H]1CCNC1)CC=C2. The van der Waals surface area contributed by atoms with Gasteiger partial charge in [0, 0.05) is 36.4 Å². The molecular formula is C14H15F3N2O. The van der Waals surface area contributed by atoms with Gasteiger partial charge in [0.1, 0.15) is 0 Å². The lowest BCUT2D eigenvalue weighted by atomic mass is 10.0. The van der Waals surface area contributed by atoms with Gasteiger partial charge in [-0.25, -0.2) is 4.39 Å². The van der Waals surface area contributed by atoms with Gasteiger partial charge in [-0.2, -0.15) is 8.78 Å². The van der Waals surface area contributed by atoms with E-state index < -0.39 is 18.2 Å². The Bertz CT molecular complexity index is 527. The van der Waals surface area contributed by atoms with Crippen molar-refractivity contribution in [3.63, 3.8) is 0 Å². The molecule has 0 amide bonds. The van der Waals surface area contributed by atoms with Crippen molar-refractivity contribution >= 4 is 11.8 Å². The van der Waals surface area contributed by atoms with Crippen LogP contribution in [0.1, 0.15) is 12.0 Å². The Balaban J connectivity index is 1.96. The normalized spacial score (nSPS) is 21.4. The Kier molecular flexibility index (Phi) is 3.56. The van der Waals surface area contributed by atoms with Crippen LogP contribution in [0.25, 0.3) is 6.08 Å². The monoisotopic (exact) mass is 284 g/mol. The molecule has 0 saturated carbocycles. The molecule has 2 aliphatic heterocycles. The third kappa shape index (κ3) is 2.47. The van der Waals surface area contributed by atoms with Crippen molar-refractivity contribution in [3.05, 3.63) is 29.6 Å². The van der Waals surface area contributed by atoms with Crippen molar-refractivity contribution in [1.82, 2.24) is 5.32 Å². The summed E-state index contributed by atoms with van der Waals surface area (Å²) in [5.74, 6) is -1.16. The lowest BCUT2D eigenvalue weighted by Crippen LogP contribution is -2.38. The highest BCUT2D eigenvalue weighted by molar-refractivity contribution is 5.73. The Morgan fingerprint density at radius 1 is 1.35 bits per heavy atom. The van der Waals surface area contributed by atoms with Gasteiger partial charge in [0.15, 0.2) is 11.6 Å². The molecule has 1 atom stereocenters. The second kappa shape index (κ2) is 5.36. The molecule has 1 N–H and O–H groups in total. The van der Waals surface area contributed by atoms with E-state index in [2.05, 4.69) is 15.0 Å². The summed E-state index contributed by atoms with van der Waals surface area (Å²) in [6.45, 7) is -0.556. The number of anilines is 1. The molecule has 0 bridgehead atoms. The summed E-state index contributed by atoms with van der Waals surface area (Å²) in [5, 5.41) is 3.27. The van der Waals surface area contributed by atoms with Gasteiger partial charge in [0.2, 0.25) is 0 Å². The number of rotatable bonds is 3. The molecule has 1 aromatic rings. The van der Waals surface area contributed by atoms with E-state index in [-0.39, 0.29) is 0 Å². The zero-order valence-corrected chi connectivity index (χ0v) is 10.8. The van der Waals surface area contributed by atoms with Gasteiger partial charge in [-0.3, -0.25) is 0 Å². The molecule has 2 aliphatic rings. The largest absolute Gasteiger partial charge is 0.432 e. The van der Waals surface area contributed by atoms with Gasteiger partial charge in [0.25, 0.3) is 0 Å². The molecule has 3 rings (SSSR count). The van der Waals surface area contributed by atoms with E-state index in [0.29, 0.717) is 18.2 Å². The van der Waals surface area contributed by atoms with Gasteiger partial charge in [-0.05, 0) is 19.0 Å². The highest BCUT2D eigenvalue weighted by atomic mass is 19.3. The molecule has 3 nitrogen and oxygen atoms in total. The van der Waals surface area contributed by atoms with E-state index in [1.54, 1.807) is 0 Å². The van der Waals surface area contributed by atoms with Crippen molar-refractivity contribution < 1.29 is 17.9 Å². The number of fused-ring (bicyclic) bond motifs is 1. The maximum atomic E-state index is 13.7. The Morgan fingerprint density at radius 2 is 2.20 bits per heavy atom. The Morgan fingerprint density at radius 3 is 2.90 bits per heavy atom. The van der Waals surface area contributed by atoms with Gasteiger partial charge >= 0.3 is 6.61 Å². The predicted molar refractivity (Wildman–Crippen MR) is 70.7 cm³/mol. The summed E-state index contributed by atoms with van der Waals surface area (Å²) in [6.07, 6.45) is 4.74. The zero-order valence-electron chi connectivity index (χ0n) is 10.8. The number of ether oxygens (including phenoxy) is 1. The molecule has 1 aromatic carbocycles. The molecule has 2 heterocycles. The van der Waals surface area contributed by atoms with Crippen LogP contribution in [0.4, 0.5) is 18.9 Å². The van der Waals surface area contributed by atoms with Crippen molar-refractivity contribution in [1.29, 1.82) is 0 Å². The maximum Gasteiger partial charge on any atom is 0.387 e. The highest BCUT2D eigenvalue weighted by Crippen LogP contribution is 2.35. The minimum Gasteiger partial charge on any atom is -0.432 e. The number of hydrogen-bond acceptors (Lipinski definition) is 3. The van der Waals surface area contributed by atoms with Crippen LogP contribution < -0.4 is 15.0 Å². The van der Waals surface area contributed by atoms with Crippen LogP contribution in [-0.2, 0) is 0 Å². The number of alkyl halides is 2. The summed E-state index contributed by atoms with van der Waals surface area (Å²) in [6, 6.07) is 2.92. The fourth-order valence-corrected chi connectivity index (χ4v) is 2.77. The van der Waals surface area contributed by atoms with E-state index in [0.717, 1.165) is 25.2 Å². The summed E-state index contributed by atoms with van der Waals surface area (Å²) >= 11 is 0. The molecule has 0 aliphatic carbocycles. The van der Waals surface area contributed by atoms with Crippen LogP contribution in [0.15, 0.2) is 18.2 Å². The first-order valence-electron chi connectivity index (χ1n) is 6.57.